The smallest absolute Gasteiger partial charge is 0.251 e. The van der Waals surface area contributed by atoms with E-state index in [2.05, 4.69) is 10.6 Å². The van der Waals surface area contributed by atoms with Crippen molar-refractivity contribution in [2.75, 3.05) is 0 Å². The van der Waals surface area contributed by atoms with Gasteiger partial charge in [-0.25, -0.2) is 0 Å². The van der Waals surface area contributed by atoms with Crippen LogP contribution in [0, 0.1) is 0 Å². The highest BCUT2D eigenvalue weighted by Crippen LogP contribution is 2.19. The van der Waals surface area contributed by atoms with E-state index in [0.717, 1.165) is 25.7 Å². The summed E-state index contributed by atoms with van der Waals surface area (Å²) in [5.41, 5.74) is 1.30. The van der Waals surface area contributed by atoms with Crippen molar-refractivity contribution in [1.82, 2.24) is 10.6 Å². The van der Waals surface area contributed by atoms with Gasteiger partial charge in [0, 0.05) is 23.2 Å². The van der Waals surface area contributed by atoms with Gasteiger partial charge in [0.05, 0.1) is 0 Å². The predicted molar refractivity (Wildman–Crippen MR) is 93.9 cm³/mol. The van der Waals surface area contributed by atoms with Gasteiger partial charge < -0.3 is 10.6 Å². The molecule has 1 aliphatic carbocycles. The first-order chi connectivity index (χ1) is 11.7. The molecule has 0 saturated heterocycles. The fourth-order valence-corrected chi connectivity index (χ4v) is 3.16. The summed E-state index contributed by atoms with van der Waals surface area (Å²) in [4.78, 5) is 24.8. The molecule has 0 bridgehead atoms. The van der Waals surface area contributed by atoms with E-state index in [1.807, 2.05) is 36.4 Å². The van der Waals surface area contributed by atoms with Crippen LogP contribution in [-0.4, -0.2) is 23.9 Å². The molecule has 0 aromatic heterocycles. The van der Waals surface area contributed by atoms with Crippen LogP contribution < -0.4 is 10.6 Å². The number of hydrogen-bond donors (Lipinski definition) is 2. The van der Waals surface area contributed by atoms with Crippen LogP contribution in [0.3, 0.4) is 0 Å². The Labute approximate surface area is 142 Å². The molecule has 24 heavy (non-hydrogen) atoms. The van der Waals surface area contributed by atoms with Crippen LogP contribution in [0.25, 0.3) is 0 Å². The first-order valence-electron chi connectivity index (χ1n) is 8.46. The molecular weight excluding hydrogens is 300 g/mol. The first-order valence-corrected chi connectivity index (χ1v) is 8.46. The minimum Gasteiger partial charge on any atom is -0.347 e. The number of nitrogens with one attached hydrogen (secondary N) is 2. The van der Waals surface area contributed by atoms with Crippen LogP contribution in [0.5, 0.6) is 0 Å². The molecule has 124 valence electrons. The maximum Gasteiger partial charge on any atom is 0.251 e. The SMILES string of the molecule is O=C(NC1CCCCC1NC(=O)c1ccccc1)c1ccccc1. The van der Waals surface area contributed by atoms with Crippen LogP contribution in [0.4, 0.5) is 0 Å². The lowest BCUT2D eigenvalue weighted by Gasteiger charge is -2.32. The minimum atomic E-state index is -0.0820. The number of carbonyl (C=O) groups is 2. The Balaban J connectivity index is 1.65. The second-order valence-electron chi connectivity index (χ2n) is 6.18. The Bertz CT molecular complexity index is 624. The van der Waals surface area contributed by atoms with Crippen molar-refractivity contribution in [2.24, 2.45) is 0 Å². The van der Waals surface area contributed by atoms with Gasteiger partial charge in [0.2, 0.25) is 0 Å². The van der Waals surface area contributed by atoms with Crippen LogP contribution in [0.1, 0.15) is 46.4 Å². The quantitative estimate of drug-likeness (QED) is 0.908. The molecule has 4 heteroatoms. The van der Waals surface area contributed by atoms with Crippen LogP contribution in [0.2, 0.25) is 0 Å². The van der Waals surface area contributed by atoms with Crippen LogP contribution >= 0.6 is 0 Å². The van der Waals surface area contributed by atoms with E-state index in [9.17, 15) is 9.59 Å². The second-order valence-corrected chi connectivity index (χ2v) is 6.18. The van der Waals surface area contributed by atoms with Crippen molar-refractivity contribution < 1.29 is 9.59 Å². The topological polar surface area (TPSA) is 58.2 Å². The zero-order valence-electron chi connectivity index (χ0n) is 13.6. The monoisotopic (exact) mass is 322 g/mol. The summed E-state index contributed by atoms with van der Waals surface area (Å²) < 4.78 is 0. The maximum absolute atomic E-state index is 12.4. The minimum absolute atomic E-state index is 0.0286. The van der Waals surface area contributed by atoms with Gasteiger partial charge >= 0.3 is 0 Å². The molecule has 0 heterocycles. The summed E-state index contributed by atoms with van der Waals surface area (Å²) in [6.07, 6.45) is 3.91. The molecule has 0 aliphatic heterocycles. The zero-order chi connectivity index (χ0) is 16.8. The van der Waals surface area contributed by atoms with Crippen molar-refractivity contribution in [3.05, 3.63) is 71.8 Å². The average molecular weight is 322 g/mol. The lowest BCUT2D eigenvalue weighted by Crippen LogP contribution is -2.53. The van der Waals surface area contributed by atoms with Gasteiger partial charge in [-0.1, -0.05) is 49.2 Å². The molecule has 2 unspecified atom stereocenters. The Morgan fingerprint density at radius 2 is 1.04 bits per heavy atom. The van der Waals surface area contributed by atoms with Crippen molar-refractivity contribution in [2.45, 2.75) is 37.8 Å². The molecule has 3 rings (SSSR count). The van der Waals surface area contributed by atoms with E-state index in [1.54, 1.807) is 24.3 Å². The fourth-order valence-electron chi connectivity index (χ4n) is 3.16. The van der Waals surface area contributed by atoms with Gasteiger partial charge in [-0.3, -0.25) is 9.59 Å². The van der Waals surface area contributed by atoms with Crippen molar-refractivity contribution in [1.29, 1.82) is 0 Å². The summed E-state index contributed by atoms with van der Waals surface area (Å²) in [7, 11) is 0. The molecule has 2 N–H and O–H groups in total. The van der Waals surface area contributed by atoms with E-state index in [1.165, 1.54) is 0 Å². The van der Waals surface area contributed by atoms with Gasteiger partial charge in [-0.15, -0.1) is 0 Å². The maximum atomic E-state index is 12.4. The highest BCUT2D eigenvalue weighted by Gasteiger charge is 2.28. The van der Waals surface area contributed by atoms with Gasteiger partial charge in [0.1, 0.15) is 0 Å². The number of rotatable bonds is 4. The molecule has 1 aliphatic rings. The van der Waals surface area contributed by atoms with E-state index in [4.69, 9.17) is 0 Å². The highest BCUT2D eigenvalue weighted by atomic mass is 16.2. The summed E-state index contributed by atoms with van der Waals surface area (Å²) >= 11 is 0. The molecule has 1 fully saturated rings. The van der Waals surface area contributed by atoms with Crippen molar-refractivity contribution in [3.63, 3.8) is 0 Å². The van der Waals surface area contributed by atoms with E-state index in [0.29, 0.717) is 11.1 Å². The molecule has 2 aromatic carbocycles. The third-order valence-corrected chi connectivity index (χ3v) is 4.47. The summed E-state index contributed by atoms with van der Waals surface area (Å²) in [5, 5.41) is 6.18. The van der Waals surface area contributed by atoms with Gasteiger partial charge in [-0.2, -0.15) is 0 Å². The Morgan fingerprint density at radius 1 is 0.667 bits per heavy atom. The Kier molecular flexibility index (Phi) is 5.26. The summed E-state index contributed by atoms with van der Waals surface area (Å²) in [5.74, 6) is -0.164. The van der Waals surface area contributed by atoms with Crippen LogP contribution in [-0.2, 0) is 0 Å². The van der Waals surface area contributed by atoms with Crippen molar-refractivity contribution in [3.8, 4) is 0 Å². The van der Waals surface area contributed by atoms with Gasteiger partial charge in [0.25, 0.3) is 11.8 Å². The van der Waals surface area contributed by atoms with Crippen LogP contribution in [0.15, 0.2) is 60.7 Å². The molecule has 2 aromatic rings. The number of benzene rings is 2. The third kappa shape index (κ3) is 4.02. The summed E-state index contributed by atoms with van der Waals surface area (Å²) in [6, 6.07) is 18.3. The molecule has 4 nitrogen and oxygen atoms in total. The van der Waals surface area contributed by atoms with E-state index in [-0.39, 0.29) is 23.9 Å². The molecule has 2 atom stereocenters. The molecule has 1 saturated carbocycles. The molecule has 0 spiro atoms. The van der Waals surface area contributed by atoms with Gasteiger partial charge in [0.15, 0.2) is 0 Å². The third-order valence-electron chi connectivity index (χ3n) is 4.47. The molecule has 0 radical (unpaired) electrons. The summed E-state index contributed by atoms with van der Waals surface area (Å²) in [6.45, 7) is 0. The highest BCUT2D eigenvalue weighted by molar-refractivity contribution is 5.95. The number of amides is 2. The van der Waals surface area contributed by atoms with Crippen molar-refractivity contribution >= 4 is 11.8 Å². The second kappa shape index (κ2) is 7.77. The average Bonchev–Trinajstić information content (AvgIpc) is 2.64. The zero-order valence-corrected chi connectivity index (χ0v) is 13.6. The normalized spacial score (nSPS) is 20.2. The largest absolute Gasteiger partial charge is 0.347 e. The number of hydrogen-bond acceptors (Lipinski definition) is 2. The van der Waals surface area contributed by atoms with E-state index >= 15 is 0 Å². The predicted octanol–water partition coefficient (Wildman–Crippen LogP) is 3.16. The standard InChI is InChI=1S/C20H22N2O2/c23-19(15-9-3-1-4-10-15)21-17-13-7-8-14-18(17)22-20(24)16-11-5-2-6-12-16/h1-6,9-12,17-18H,7-8,13-14H2,(H,21,23)(H,22,24). The molecular formula is C20H22N2O2. The van der Waals surface area contributed by atoms with Gasteiger partial charge in [-0.05, 0) is 37.1 Å². The van der Waals surface area contributed by atoms with E-state index < -0.39 is 0 Å². The Morgan fingerprint density at radius 3 is 1.42 bits per heavy atom. The fraction of sp³-hybridized carbons (Fsp3) is 0.300. The lowest BCUT2D eigenvalue weighted by atomic mass is 9.89. The first kappa shape index (κ1) is 16.2. The Hall–Kier alpha value is -2.62. The number of carbonyl (C=O) groups excluding carboxylic acids is 2. The lowest BCUT2D eigenvalue weighted by molar-refractivity contribution is 0.0863. The molecule has 2 amide bonds.